The van der Waals surface area contributed by atoms with Crippen molar-refractivity contribution in [1.82, 2.24) is 9.38 Å². The third-order valence-electron chi connectivity index (χ3n) is 3.08. The molecule has 0 saturated heterocycles. The van der Waals surface area contributed by atoms with Crippen LogP contribution < -0.4 is 0 Å². The molecule has 0 aliphatic heterocycles. The molecule has 0 unspecified atom stereocenters. The lowest BCUT2D eigenvalue weighted by molar-refractivity contribution is 0.0682. The normalized spacial score (nSPS) is 10.9. The Morgan fingerprint density at radius 3 is 2.67 bits per heavy atom. The molecule has 0 radical (unpaired) electrons. The van der Waals surface area contributed by atoms with Crippen LogP contribution in [0.25, 0.3) is 5.52 Å². The number of rotatable bonds is 4. The molecule has 0 amide bonds. The van der Waals surface area contributed by atoms with E-state index in [9.17, 15) is 14.7 Å². The number of fused-ring (bicyclic) bond motifs is 1. The van der Waals surface area contributed by atoms with Gasteiger partial charge in [-0.25, -0.2) is 14.6 Å². The van der Waals surface area contributed by atoms with Crippen molar-refractivity contribution >= 4 is 17.5 Å². The van der Waals surface area contributed by atoms with Crippen LogP contribution in [0.1, 0.15) is 32.4 Å². The highest BCUT2D eigenvalue weighted by atomic mass is 16.4. The minimum absolute atomic E-state index is 0.00875. The molecule has 3 aromatic rings. The molecule has 0 spiro atoms. The van der Waals surface area contributed by atoms with Crippen molar-refractivity contribution in [3.05, 3.63) is 59.6 Å². The van der Waals surface area contributed by atoms with E-state index in [1.807, 2.05) is 0 Å². The van der Waals surface area contributed by atoms with E-state index in [-0.39, 0.29) is 16.8 Å². The van der Waals surface area contributed by atoms with Crippen molar-refractivity contribution in [2.75, 3.05) is 0 Å². The third kappa shape index (κ3) is 2.25. The van der Waals surface area contributed by atoms with Crippen molar-refractivity contribution in [2.24, 2.45) is 0 Å². The van der Waals surface area contributed by atoms with Crippen molar-refractivity contribution in [3.63, 3.8) is 0 Å². The van der Waals surface area contributed by atoms with Crippen LogP contribution in [-0.2, 0) is 6.42 Å². The molecule has 3 rings (SSSR count). The number of carboxylic acid groups (broad SMARTS) is 2. The van der Waals surface area contributed by atoms with Crippen LogP contribution in [0.4, 0.5) is 0 Å². The van der Waals surface area contributed by atoms with Gasteiger partial charge in [-0.1, -0.05) is 0 Å². The van der Waals surface area contributed by atoms with Gasteiger partial charge in [-0.15, -0.1) is 0 Å². The fourth-order valence-corrected chi connectivity index (χ4v) is 2.13. The second-order valence-electron chi connectivity index (χ2n) is 4.41. The number of aromatic carboxylic acids is 2. The van der Waals surface area contributed by atoms with Gasteiger partial charge in [0.05, 0.1) is 23.8 Å². The Labute approximate surface area is 118 Å². The Balaban J connectivity index is 2.17. The molecule has 0 aliphatic rings. The Morgan fingerprint density at radius 1 is 1.24 bits per heavy atom. The SMILES string of the molecule is O=C(O)c1ccn2c(Cc3ccco3)nc(C(=O)O)c2c1. The van der Waals surface area contributed by atoms with E-state index in [0.717, 1.165) is 0 Å². The van der Waals surface area contributed by atoms with E-state index in [1.165, 1.54) is 24.6 Å². The van der Waals surface area contributed by atoms with Gasteiger partial charge in [0.1, 0.15) is 11.6 Å². The maximum atomic E-state index is 11.3. The number of imidazole rings is 1. The van der Waals surface area contributed by atoms with Crippen molar-refractivity contribution in [1.29, 1.82) is 0 Å². The van der Waals surface area contributed by atoms with Gasteiger partial charge in [0.2, 0.25) is 0 Å². The number of carbonyl (C=O) groups is 2. The first-order chi connectivity index (χ1) is 10.1. The first kappa shape index (κ1) is 12.9. The standard InChI is InChI=1S/C14H10N2O5/c17-13(18)8-3-4-16-10(6-8)12(14(19)20)15-11(16)7-9-2-1-5-21-9/h1-6H,7H2,(H,17,18)(H,19,20). The predicted molar refractivity (Wildman–Crippen MR) is 70.6 cm³/mol. The van der Waals surface area contributed by atoms with E-state index >= 15 is 0 Å². The van der Waals surface area contributed by atoms with Gasteiger partial charge in [-0.05, 0) is 24.3 Å². The zero-order chi connectivity index (χ0) is 15.0. The quantitative estimate of drug-likeness (QED) is 0.759. The molecule has 7 nitrogen and oxygen atoms in total. The van der Waals surface area contributed by atoms with Gasteiger partial charge in [0, 0.05) is 6.20 Å². The van der Waals surface area contributed by atoms with E-state index in [0.29, 0.717) is 18.0 Å². The second kappa shape index (κ2) is 4.78. The summed E-state index contributed by atoms with van der Waals surface area (Å²) in [6.45, 7) is 0. The number of aromatic nitrogens is 2. The smallest absolute Gasteiger partial charge is 0.356 e. The van der Waals surface area contributed by atoms with E-state index < -0.39 is 11.9 Å². The molecular formula is C14H10N2O5. The lowest BCUT2D eigenvalue weighted by Gasteiger charge is -2.01. The molecule has 0 atom stereocenters. The Kier molecular flexibility index (Phi) is 2.94. The van der Waals surface area contributed by atoms with E-state index in [4.69, 9.17) is 9.52 Å². The summed E-state index contributed by atoms with van der Waals surface area (Å²) in [6.07, 6.45) is 3.33. The van der Waals surface area contributed by atoms with Crippen molar-refractivity contribution in [2.45, 2.75) is 6.42 Å². The number of carboxylic acids is 2. The summed E-state index contributed by atoms with van der Waals surface area (Å²) in [5, 5.41) is 18.2. The fraction of sp³-hybridized carbons (Fsp3) is 0.0714. The summed E-state index contributed by atoms with van der Waals surface area (Å²) in [6, 6.07) is 6.18. The molecular weight excluding hydrogens is 276 g/mol. The largest absolute Gasteiger partial charge is 0.478 e. The van der Waals surface area contributed by atoms with Gasteiger partial charge < -0.3 is 19.0 Å². The Hall–Kier alpha value is -3.09. The second-order valence-corrected chi connectivity index (χ2v) is 4.41. The van der Waals surface area contributed by atoms with Crippen molar-refractivity contribution < 1.29 is 24.2 Å². The molecule has 106 valence electrons. The number of hydrogen-bond donors (Lipinski definition) is 2. The zero-order valence-corrected chi connectivity index (χ0v) is 10.7. The average Bonchev–Trinajstić information content (AvgIpc) is 3.07. The maximum absolute atomic E-state index is 11.3. The summed E-state index contributed by atoms with van der Waals surface area (Å²) in [7, 11) is 0. The van der Waals surface area contributed by atoms with Crippen LogP contribution in [0.15, 0.2) is 41.1 Å². The number of pyridine rings is 1. The van der Waals surface area contributed by atoms with Crippen LogP contribution in [0, 0.1) is 0 Å². The van der Waals surface area contributed by atoms with Gasteiger partial charge in [-0.3, -0.25) is 0 Å². The monoisotopic (exact) mass is 286 g/mol. The molecule has 2 N–H and O–H groups in total. The van der Waals surface area contributed by atoms with Crippen LogP contribution >= 0.6 is 0 Å². The number of nitrogens with zero attached hydrogens (tertiary/aromatic N) is 2. The minimum Gasteiger partial charge on any atom is -0.478 e. The predicted octanol–water partition coefficient (Wildman–Crippen LogP) is 1.91. The average molecular weight is 286 g/mol. The lowest BCUT2D eigenvalue weighted by atomic mass is 10.2. The van der Waals surface area contributed by atoms with E-state index in [1.54, 1.807) is 16.5 Å². The topological polar surface area (TPSA) is 105 Å². The highest BCUT2D eigenvalue weighted by Crippen LogP contribution is 2.18. The summed E-state index contributed by atoms with van der Waals surface area (Å²) in [5.74, 6) is -1.22. The minimum atomic E-state index is -1.21. The molecule has 3 heterocycles. The number of furan rings is 1. The zero-order valence-electron chi connectivity index (χ0n) is 10.7. The van der Waals surface area contributed by atoms with Crippen molar-refractivity contribution in [3.8, 4) is 0 Å². The molecule has 7 heteroatoms. The Bertz CT molecular complexity index is 833. The molecule has 0 aromatic carbocycles. The molecule has 0 aliphatic carbocycles. The molecule has 0 bridgehead atoms. The van der Waals surface area contributed by atoms with Gasteiger partial charge >= 0.3 is 11.9 Å². The molecule has 3 aromatic heterocycles. The molecule has 0 fully saturated rings. The van der Waals surface area contributed by atoms with Crippen LogP contribution in [0.5, 0.6) is 0 Å². The summed E-state index contributed by atoms with van der Waals surface area (Å²) < 4.78 is 6.78. The highest BCUT2D eigenvalue weighted by molar-refractivity contribution is 5.96. The van der Waals surface area contributed by atoms with Crippen LogP contribution in [-0.4, -0.2) is 31.5 Å². The van der Waals surface area contributed by atoms with Crippen LogP contribution in [0.2, 0.25) is 0 Å². The molecule has 0 saturated carbocycles. The Morgan fingerprint density at radius 2 is 2.05 bits per heavy atom. The molecule has 21 heavy (non-hydrogen) atoms. The summed E-state index contributed by atoms with van der Waals surface area (Å²) >= 11 is 0. The highest BCUT2D eigenvalue weighted by Gasteiger charge is 2.19. The first-order valence-electron chi connectivity index (χ1n) is 6.06. The third-order valence-corrected chi connectivity index (χ3v) is 3.08. The summed E-state index contributed by atoms with van der Waals surface area (Å²) in [4.78, 5) is 26.3. The number of hydrogen-bond acceptors (Lipinski definition) is 4. The lowest BCUT2D eigenvalue weighted by Crippen LogP contribution is -2.01. The van der Waals surface area contributed by atoms with E-state index in [2.05, 4.69) is 4.98 Å². The van der Waals surface area contributed by atoms with Crippen LogP contribution in [0.3, 0.4) is 0 Å². The fourth-order valence-electron chi connectivity index (χ4n) is 2.13. The van der Waals surface area contributed by atoms with Gasteiger partial charge in [0.15, 0.2) is 5.69 Å². The van der Waals surface area contributed by atoms with Gasteiger partial charge in [-0.2, -0.15) is 0 Å². The maximum Gasteiger partial charge on any atom is 0.356 e. The van der Waals surface area contributed by atoms with Gasteiger partial charge in [0.25, 0.3) is 0 Å². The first-order valence-corrected chi connectivity index (χ1v) is 6.06. The summed E-state index contributed by atoms with van der Waals surface area (Å²) in [5.41, 5.74) is 0.0676.